The lowest BCUT2D eigenvalue weighted by Gasteiger charge is -2.11. The molecule has 22 heavy (non-hydrogen) atoms. The van der Waals surface area contributed by atoms with Crippen LogP contribution in [0.1, 0.15) is 27.9 Å². The fourth-order valence-corrected chi connectivity index (χ4v) is 2.69. The molecule has 0 bridgehead atoms. The molecule has 0 atom stereocenters. The van der Waals surface area contributed by atoms with Crippen molar-refractivity contribution in [1.82, 2.24) is 4.98 Å². The molecule has 2 aromatic rings. The largest absolute Gasteiger partial charge is 0.388 e. The molecule has 0 spiro atoms. The molecule has 0 fully saturated rings. The summed E-state index contributed by atoms with van der Waals surface area (Å²) in [7, 11) is 1.77. The van der Waals surface area contributed by atoms with Crippen molar-refractivity contribution in [2.24, 2.45) is 0 Å². The Morgan fingerprint density at radius 3 is 2.45 bits per heavy atom. The van der Waals surface area contributed by atoms with E-state index in [1.165, 1.54) is 18.3 Å². The molecule has 0 aliphatic carbocycles. The van der Waals surface area contributed by atoms with E-state index in [0.717, 1.165) is 16.3 Å². The van der Waals surface area contributed by atoms with Crippen molar-refractivity contribution in [3.8, 4) is 0 Å². The maximum absolute atomic E-state index is 12.4. The molecule has 3 N–H and O–H groups in total. The maximum Gasteiger partial charge on any atom is 0.259 e. The van der Waals surface area contributed by atoms with Crippen molar-refractivity contribution in [3.63, 3.8) is 0 Å². The zero-order valence-corrected chi connectivity index (χ0v) is 13.7. The fraction of sp³-hybridized carbons (Fsp3) is 0.267. The van der Waals surface area contributed by atoms with Gasteiger partial charge in [-0.1, -0.05) is 0 Å². The first-order chi connectivity index (χ1) is 10.4. The molecule has 116 valence electrons. The highest BCUT2D eigenvalue weighted by atomic mass is 32.1. The van der Waals surface area contributed by atoms with E-state index in [9.17, 15) is 9.59 Å². The number of nitrogens with zero attached hydrogens (tertiary/aromatic N) is 1. The van der Waals surface area contributed by atoms with Crippen LogP contribution in [0.5, 0.6) is 0 Å². The molecular weight excluding hydrogens is 300 g/mol. The highest BCUT2D eigenvalue weighted by Crippen LogP contribution is 2.25. The number of hydrogen-bond donors (Lipinski definition) is 3. The molecule has 6 nitrogen and oxygen atoms in total. The number of hydrogen-bond acceptors (Lipinski definition) is 5. The molecule has 0 aliphatic heterocycles. The zero-order chi connectivity index (χ0) is 16.3. The lowest BCUT2D eigenvalue weighted by atomic mass is 10.1. The van der Waals surface area contributed by atoms with Crippen LogP contribution < -0.4 is 16.0 Å². The lowest BCUT2D eigenvalue weighted by molar-refractivity contribution is -0.114. The Balaban J connectivity index is 2.29. The highest BCUT2D eigenvalue weighted by Gasteiger charge is 2.15. The Labute approximate surface area is 133 Å². The minimum absolute atomic E-state index is 0.233. The number of rotatable bonds is 4. The second kappa shape index (κ2) is 6.57. The number of carbonyl (C=O) groups is 2. The summed E-state index contributed by atoms with van der Waals surface area (Å²) < 4.78 is 0. The number of thiazole rings is 1. The molecule has 0 radical (unpaired) electrons. The zero-order valence-electron chi connectivity index (χ0n) is 12.9. The summed E-state index contributed by atoms with van der Waals surface area (Å²) in [6, 6.07) is 5.16. The molecule has 1 heterocycles. The first-order valence-electron chi connectivity index (χ1n) is 6.75. The van der Waals surface area contributed by atoms with E-state index in [-0.39, 0.29) is 11.8 Å². The third-order valence-corrected chi connectivity index (χ3v) is 4.10. The van der Waals surface area contributed by atoms with Crippen LogP contribution in [-0.2, 0) is 4.79 Å². The quantitative estimate of drug-likeness (QED) is 0.809. The normalized spacial score (nSPS) is 10.2. The molecule has 2 rings (SSSR count). The predicted molar refractivity (Wildman–Crippen MR) is 89.8 cm³/mol. The number of aromatic nitrogens is 1. The molecule has 0 unspecified atom stereocenters. The lowest BCUT2D eigenvalue weighted by Crippen LogP contribution is -2.16. The van der Waals surface area contributed by atoms with E-state index in [1.807, 2.05) is 13.8 Å². The minimum atomic E-state index is -0.305. The van der Waals surface area contributed by atoms with Crippen molar-refractivity contribution >= 4 is 39.7 Å². The van der Waals surface area contributed by atoms with Gasteiger partial charge < -0.3 is 10.6 Å². The second-order valence-corrected chi connectivity index (χ2v) is 6.01. The summed E-state index contributed by atoms with van der Waals surface area (Å²) in [6.07, 6.45) is 0. The SMILES string of the molecule is CNc1ccc(C(=O)Nc2nc(C)c(C)s2)c(NC(C)=O)c1. The summed E-state index contributed by atoms with van der Waals surface area (Å²) in [5, 5.41) is 8.96. The third kappa shape index (κ3) is 3.62. The van der Waals surface area contributed by atoms with E-state index >= 15 is 0 Å². The van der Waals surface area contributed by atoms with E-state index < -0.39 is 0 Å². The number of nitrogens with one attached hydrogen (secondary N) is 3. The third-order valence-electron chi connectivity index (χ3n) is 3.11. The van der Waals surface area contributed by atoms with Crippen LogP contribution in [0.2, 0.25) is 0 Å². The number of aryl methyl sites for hydroxylation is 2. The van der Waals surface area contributed by atoms with Crippen LogP contribution >= 0.6 is 11.3 Å². The van der Waals surface area contributed by atoms with Gasteiger partial charge in [0.15, 0.2) is 5.13 Å². The molecule has 0 aliphatic rings. The van der Waals surface area contributed by atoms with E-state index in [4.69, 9.17) is 0 Å². The average molecular weight is 318 g/mol. The van der Waals surface area contributed by atoms with Gasteiger partial charge in [0, 0.05) is 24.5 Å². The van der Waals surface area contributed by atoms with E-state index in [2.05, 4.69) is 20.9 Å². The van der Waals surface area contributed by atoms with Crippen molar-refractivity contribution in [2.45, 2.75) is 20.8 Å². The van der Waals surface area contributed by atoms with Crippen LogP contribution in [0.15, 0.2) is 18.2 Å². The summed E-state index contributed by atoms with van der Waals surface area (Å²) in [6.45, 7) is 5.25. The minimum Gasteiger partial charge on any atom is -0.388 e. The molecule has 1 aromatic carbocycles. The van der Waals surface area contributed by atoms with E-state index in [1.54, 1.807) is 25.2 Å². The Kier molecular flexibility index (Phi) is 4.77. The van der Waals surface area contributed by atoms with Gasteiger partial charge in [-0.05, 0) is 32.0 Å². The molecule has 0 saturated carbocycles. The highest BCUT2D eigenvalue weighted by molar-refractivity contribution is 7.15. The first kappa shape index (κ1) is 16.0. The van der Waals surface area contributed by atoms with Crippen LogP contribution in [0.25, 0.3) is 0 Å². The summed E-state index contributed by atoms with van der Waals surface area (Å²) in [5.74, 6) is -0.539. The maximum atomic E-state index is 12.4. The Hall–Kier alpha value is -2.41. The average Bonchev–Trinajstić information content (AvgIpc) is 2.76. The van der Waals surface area contributed by atoms with Crippen molar-refractivity contribution < 1.29 is 9.59 Å². The predicted octanol–water partition coefficient (Wildman–Crippen LogP) is 3.01. The summed E-state index contributed by atoms with van der Waals surface area (Å²) in [5.41, 5.74) is 2.55. The number of carbonyl (C=O) groups excluding carboxylic acids is 2. The monoisotopic (exact) mass is 318 g/mol. The van der Waals surface area contributed by atoms with Crippen molar-refractivity contribution in [3.05, 3.63) is 34.3 Å². The van der Waals surface area contributed by atoms with Gasteiger partial charge in [-0.3, -0.25) is 14.9 Å². The summed E-state index contributed by atoms with van der Waals surface area (Å²) >= 11 is 1.42. The van der Waals surface area contributed by atoms with Gasteiger partial charge in [0.25, 0.3) is 5.91 Å². The Morgan fingerprint density at radius 1 is 1.18 bits per heavy atom. The standard InChI is InChI=1S/C15H18N4O2S/c1-8-9(2)22-15(17-8)19-14(21)12-6-5-11(16-4)7-13(12)18-10(3)20/h5-7,16H,1-4H3,(H,18,20)(H,17,19,21). The van der Waals surface area contributed by atoms with Crippen LogP contribution in [-0.4, -0.2) is 23.8 Å². The molecule has 7 heteroatoms. The summed E-state index contributed by atoms with van der Waals surface area (Å²) in [4.78, 5) is 29.1. The molecule has 0 saturated heterocycles. The van der Waals surface area contributed by atoms with Crippen LogP contribution in [0, 0.1) is 13.8 Å². The Bertz CT molecular complexity index is 705. The van der Waals surface area contributed by atoms with Gasteiger partial charge in [-0.25, -0.2) is 4.98 Å². The Morgan fingerprint density at radius 2 is 1.91 bits per heavy atom. The van der Waals surface area contributed by atoms with Crippen LogP contribution in [0.3, 0.4) is 0 Å². The number of anilines is 3. The molecular formula is C15H18N4O2S. The molecule has 2 amide bonds. The van der Waals surface area contributed by atoms with Crippen molar-refractivity contribution in [2.75, 3.05) is 23.0 Å². The topological polar surface area (TPSA) is 83.1 Å². The van der Waals surface area contributed by atoms with Gasteiger partial charge in [-0.15, -0.1) is 11.3 Å². The van der Waals surface area contributed by atoms with Gasteiger partial charge in [0.2, 0.25) is 5.91 Å². The van der Waals surface area contributed by atoms with Gasteiger partial charge in [0.1, 0.15) is 0 Å². The number of benzene rings is 1. The van der Waals surface area contributed by atoms with Gasteiger partial charge in [-0.2, -0.15) is 0 Å². The van der Waals surface area contributed by atoms with E-state index in [0.29, 0.717) is 16.4 Å². The number of amides is 2. The fourth-order valence-electron chi connectivity index (χ4n) is 1.88. The first-order valence-corrected chi connectivity index (χ1v) is 7.57. The second-order valence-electron chi connectivity index (χ2n) is 4.81. The van der Waals surface area contributed by atoms with Crippen LogP contribution in [0.4, 0.5) is 16.5 Å². The molecule has 1 aromatic heterocycles. The van der Waals surface area contributed by atoms with Gasteiger partial charge in [0.05, 0.1) is 16.9 Å². The van der Waals surface area contributed by atoms with Gasteiger partial charge >= 0.3 is 0 Å². The smallest absolute Gasteiger partial charge is 0.259 e. The van der Waals surface area contributed by atoms with Crippen molar-refractivity contribution in [1.29, 1.82) is 0 Å².